The fourth-order valence-corrected chi connectivity index (χ4v) is 8.91. The molecule has 0 heteroatoms. The summed E-state index contributed by atoms with van der Waals surface area (Å²) in [6.07, 6.45) is 18.6. The minimum atomic E-state index is 0.555. The molecule has 1 aromatic carbocycles. The average Bonchev–Trinajstić information content (AvgIpc) is 3.09. The van der Waals surface area contributed by atoms with E-state index in [-0.39, 0.29) is 0 Å². The molecule has 7 atom stereocenters. The highest BCUT2D eigenvalue weighted by molar-refractivity contribution is 5.24. The lowest BCUT2D eigenvalue weighted by molar-refractivity contribution is -0.0498. The van der Waals surface area contributed by atoms with Crippen molar-refractivity contribution in [1.82, 2.24) is 0 Å². The van der Waals surface area contributed by atoms with Crippen LogP contribution in [0.1, 0.15) is 90.5 Å². The lowest BCUT2D eigenvalue weighted by Crippen LogP contribution is -2.50. The maximum atomic E-state index is 2.73. The van der Waals surface area contributed by atoms with Crippen molar-refractivity contribution in [1.29, 1.82) is 0 Å². The second-order valence-corrected chi connectivity index (χ2v) is 11.7. The standard InChI is InChI=1S/C29H42/c1-21(12-13-22-9-5-4-6-10-22)25-16-17-26-24-15-14-23-11-7-8-19-28(23,2)27(24)18-20-29(25,26)3/h4-6,9-10,14,21,24-27H,7-8,11-13,15-20H2,1-3H3. The number of aryl methyl sites for hydroxylation is 1. The van der Waals surface area contributed by atoms with Crippen molar-refractivity contribution in [3.63, 3.8) is 0 Å². The Morgan fingerprint density at radius 3 is 2.62 bits per heavy atom. The van der Waals surface area contributed by atoms with E-state index in [4.69, 9.17) is 0 Å². The number of rotatable bonds is 4. The van der Waals surface area contributed by atoms with E-state index in [1.165, 1.54) is 76.2 Å². The number of allylic oxidation sites excluding steroid dienone is 2. The number of fused-ring (bicyclic) bond motifs is 5. The molecule has 7 unspecified atom stereocenters. The van der Waals surface area contributed by atoms with Gasteiger partial charge in [0.2, 0.25) is 0 Å². The highest BCUT2D eigenvalue weighted by atomic mass is 14.6. The molecule has 5 rings (SSSR count). The van der Waals surface area contributed by atoms with Crippen LogP contribution in [0.25, 0.3) is 0 Å². The second kappa shape index (κ2) is 7.58. The average molecular weight is 391 g/mol. The van der Waals surface area contributed by atoms with Crippen molar-refractivity contribution in [2.45, 2.75) is 91.4 Å². The smallest absolute Gasteiger partial charge is 0.00853 e. The fraction of sp³-hybridized carbons (Fsp3) is 0.724. The van der Waals surface area contributed by atoms with Crippen molar-refractivity contribution in [3.05, 3.63) is 47.5 Å². The fourth-order valence-electron chi connectivity index (χ4n) is 8.91. The predicted molar refractivity (Wildman–Crippen MR) is 124 cm³/mol. The molecule has 3 saturated carbocycles. The first-order chi connectivity index (χ1) is 14.0. The van der Waals surface area contributed by atoms with Gasteiger partial charge in [0.15, 0.2) is 0 Å². The van der Waals surface area contributed by atoms with Crippen molar-refractivity contribution in [3.8, 4) is 0 Å². The number of hydrogen-bond donors (Lipinski definition) is 0. The molecule has 29 heavy (non-hydrogen) atoms. The highest BCUT2D eigenvalue weighted by Gasteiger charge is 2.58. The SMILES string of the molecule is CC(CCc1ccccc1)C1CCC2C3CC=C4CCCCC4(C)C3CCC12C. The molecule has 3 fully saturated rings. The Kier molecular flexibility index (Phi) is 5.20. The van der Waals surface area contributed by atoms with Crippen LogP contribution in [0, 0.1) is 40.4 Å². The van der Waals surface area contributed by atoms with Gasteiger partial charge in [0.1, 0.15) is 0 Å². The normalized spacial score (nSPS) is 42.4. The molecule has 0 spiro atoms. The summed E-state index contributed by atoms with van der Waals surface area (Å²) in [6.45, 7) is 7.95. The first-order valence-corrected chi connectivity index (χ1v) is 12.8. The van der Waals surface area contributed by atoms with Gasteiger partial charge in [-0.15, -0.1) is 0 Å². The van der Waals surface area contributed by atoms with E-state index in [1.54, 1.807) is 0 Å². The van der Waals surface area contributed by atoms with E-state index >= 15 is 0 Å². The first-order valence-electron chi connectivity index (χ1n) is 12.8. The van der Waals surface area contributed by atoms with Crippen LogP contribution in [0.2, 0.25) is 0 Å². The zero-order chi connectivity index (χ0) is 20.1. The second-order valence-electron chi connectivity index (χ2n) is 11.7. The Morgan fingerprint density at radius 1 is 0.966 bits per heavy atom. The third-order valence-electron chi connectivity index (χ3n) is 10.5. The molecule has 0 radical (unpaired) electrons. The van der Waals surface area contributed by atoms with Crippen LogP contribution in [-0.2, 0) is 6.42 Å². The molecular weight excluding hydrogens is 348 g/mol. The molecule has 0 heterocycles. The third kappa shape index (κ3) is 3.24. The Balaban J connectivity index is 1.32. The van der Waals surface area contributed by atoms with Gasteiger partial charge in [-0.2, -0.15) is 0 Å². The lowest BCUT2D eigenvalue weighted by atomic mass is 9.47. The molecule has 1 aromatic rings. The third-order valence-corrected chi connectivity index (χ3v) is 10.5. The summed E-state index contributed by atoms with van der Waals surface area (Å²) in [4.78, 5) is 0. The molecule has 0 aromatic heterocycles. The lowest BCUT2D eigenvalue weighted by Gasteiger charge is -2.58. The van der Waals surface area contributed by atoms with Crippen molar-refractivity contribution in [2.24, 2.45) is 40.4 Å². The molecule has 0 N–H and O–H groups in total. The van der Waals surface area contributed by atoms with Gasteiger partial charge < -0.3 is 0 Å². The van der Waals surface area contributed by atoms with E-state index < -0.39 is 0 Å². The Morgan fingerprint density at radius 2 is 1.79 bits per heavy atom. The van der Waals surface area contributed by atoms with Gasteiger partial charge in [0, 0.05) is 0 Å². The maximum Gasteiger partial charge on any atom is -0.00853 e. The quantitative estimate of drug-likeness (QED) is 0.454. The Hall–Kier alpha value is -1.04. The molecule has 0 bridgehead atoms. The summed E-state index contributed by atoms with van der Waals surface area (Å²) >= 11 is 0. The van der Waals surface area contributed by atoms with Gasteiger partial charge >= 0.3 is 0 Å². The summed E-state index contributed by atoms with van der Waals surface area (Å²) in [7, 11) is 0. The molecule has 4 aliphatic carbocycles. The number of hydrogen-bond acceptors (Lipinski definition) is 0. The van der Waals surface area contributed by atoms with Gasteiger partial charge in [-0.1, -0.05) is 69.2 Å². The van der Waals surface area contributed by atoms with Gasteiger partial charge in [0.25, 0.3) is 0 Å². The molecule has 0 aliphatic heterocycles. The monoisotopic (exact) mass is 390 g/mol. The van der Waals surface area contributed by atoms with Crippen LogP contribution in [0.5, 0.6) is 0 Å². The minimum absolute atomic E-state index is 0.555. The van der Waals surface area contributed by atoms with E-state index in [0.29, 0.717) is 10.8 Å². The topological polar surface area (TPSA) is 0 Å². The van der Waals surface area contributed by atoms with Gasteiger partial charge in [-0.25, -0.2) is 0 Å². The maximum absolute atomic E-state index is 2.73. The van der Waals surface area contributed by atoms with Crippen LogP contribution in [0.15, 0.2) is 42.0 Å². The molecular formula is C29H42. The first kappa shape index (κ1) is 19.9. The van der Waals surface area contributed by atoms with Gasteiger partial charge in [-0.3, -0.25) is 0 Å². The summed E-state index contributed by atoms with van der Waals surface area (Å²) in [5, 5.41) is 0. The number of benzene rings is 1. The highest BCUT2D eigenvalue weighted by Crippen LogP contribution is 2.67. The summed E-state index contributed by atoms with van der Waals surface area (Å²) in [5.74, 6) is 4.76. The van der Waals surface area contributed by atoms with Crippen molar-refractivity contribution in [2.75, 3.05) is 0 Å². The van der Waals surface area contributed by atoms with Crippen molar-refractivity contribution < 1.29 is 0 Å². The Labute approximate surface area is 179 Å². The van der Waals surface area contributed by atoms with Crippen LogP contribution < -0.4 is 0 Å². The van der Waals surface area contributed by atoms with Crippen molar-refractivity contribution >= 4 is 0 Å². The van der Waals surface area contributed by atoms with E-state index in [9.17, 15) is 0 Å². The van der Waals surface area contributed by atoms with E-state index in [0.717, 1.165) is 29.6 Å². The van der Waals surface area contributed by atoms with Gasteiger partial charge in [-0.05, 0) is 110 Å². The summed E-state index contributed by atoms with van der Waals surface area (Å²) in [6, 6.07) is 11.2. The van der Waals surface area contributed by atoms with Crippen LogP contribution in [0.3, 0.4) is 0 Å². The molecule has 0 amide bonds. The molecule has 4 aliphatic rings. The summed E-state index contributed by atoms with van der Waals surface area (Å²) < 4.78 is 0. The van der Waals surface area contributed by atoms with Gasteiger partial charge in [0.05, 0.1) is 0 Å². The predicted octanol–water partition coefficient (Wildman–Crippen LogP) is 8.22. The van der Waals surface area contributed by atoms with Crippen LogP contribution in [-0.4, -0.2) is 0 Å². The Bertz CT molecular complexity index is 745. The van der Waals surface area contributed by atoms with Crippen LogP contribution in [0.4, 0.5) is 0 Å². The van der Waals surface area contributed by atoms with Crippen LogP contribution >= 0.6 is 0 Å². The van der Waals surface area contributed by atoms with E-state index in [1.807, 2.05) is 5.57 Å². The zero-order valence-corrected chi connectivity index (χ0v) is 19.1. The molecule has 0 nitrogen and oxygen atoms in total. The largest absolute Gasteiger partial charge is 0.0845 e. The zero-order valence-electron chi connectivity index (χ0n) is 19.1. The minimum Gasteiger partial charge on any atom is -0.0845 e. The molecule has 158 valence electrons. The summed E-state index contributed by atoms with van der Waals surface area (Å²) in [5.41, 5.74) is 4.55. The molecule has 0 saturated heterocycles. The van der Waals surface area contributed by atoms with E-state index in [2.05, 4.69) is 57.2 Å².